The Labute approximate surface area is 188 Å². The molecule has 0 saturated carbocycles. The SMILES string of the molecule is Cc1cc(-c2ccccc2)c2c(oc3c(C#N)c(C(C)C)ccc32)c1-c1cccc[n+]1C. The predicted octanol–water partition coefficient (Wildman–Crippen LogP) is 7.05. The normalized spacial score (nSPS) is 11.4. The Balaban J connectivity index is 2.00. The van der Waals surface area contributed by atoms with Crippen molar-refractivity contribution in [3.63, 3.8) is 0 Å². The highest BCUT2D eigenvalue weighted by Crippen LogP contribution is 2.44. The average Bonchev–Trinajstić information content (AvgIpc) is 3.18. The number of hydrogen-bond donors (Lipinski definition) is 0. The lowest BCUT2D eigenvalue weighted by Crippen LogP contribution is -2.30. The summed E-state index contributed by atoms with van der Waals surface area (Å²) >= 11 is 0. The van der Waals surface area contributed by atoms with E-state index in [1.54, 1.807) is 0 Å². The van der Waals surface area contributed by atoms with Crippen LogP contribution in [-0.4, -0.2) is 0 Å². The minimum Gasteiger partial charge on any atom is -0.454 e. The van der Waals surface area contributed by atoms with Gasteiger partial charge in [-0.25, -0.2) is 4.57 Å². The highest BCUT2D eigenvalue weighted by Gasteiger charge is 2.25. The van der Waals surface area contributed by atoms with E-state index in [1.807, 2.05) is 31.4 Å². The fourth-order valence-electron chi connectivity index (χ4n) is 4.70. The highest BCUT2D eigenvalue weighted by molar-refractivity contribution is 6.17. The molecule has 0 aliphatic heterocycles. The Kier molecular flexibility index (Phi) is 4.79. The molecule has 0 aliphatic rings. The van der Waals surface area contributed by atoms with Gasteiger partial charge in [-0.2, -0.15) is 5.26 Å². The Morgan fingerprint density at radius 3 is 2.38 bits per heavy atom. The zero-order valence-electron chi connectivity index (χ0n) is 18.8. The summed E-state index contributed by atoms with van der Waals surface area (Å²) in [5.41, 5.74) is 8.70. The van der Waals surface area contributed by atoms with Crippen molar-refractivity contribution in [3.05, 3.63) is 89.6 Å². The summed E-state index contributed by atoms with van der Waals surface area (Å²) in [5, 5.41) is 12.1. The number of hydrogen-bond acceptors (Lipinski definition) is 2. The van der Waals surface area contributed by atoms with E-state index in [0.717, 1.165) is 49.9 Å². The van der Waals surface area contributed by atoms with Crippen LogP contribution in [0.2, 0.25) is 0 Å². The molecule has 0 N–H and O–H groups in total. The standard InChI is InChI=1S/C29H25N2O/c1-18(2)21-13-14-22-27-23(20-10-6-5-7-11-20)16-19(3)26(25-12-8-9-15-31(25)4)29(27)32-28(22)24(21)17-30/h5-16,18H,1-4H3/q+1. The molecule has 0 saturated heterocycles. The monoisotopic (exact) mass is 417 g/mol. The van der Waals surface area contributed by atoms with Gasteiger partial charge in [0.1, 0.15) is 18.7 Å². The number of furan rings is 1. The van der Waals surface area contributed by atoms with Crippen molar-refractivity contribution in [1.29, 1.82) is 5.26 Å². The Morgan fingerprint density at radius 2 is 1.69 bits per heavy atom. The summed E-state index contributed by atoms with van der Waals surface area (Å²) in [6, 6.07) is 25.5. The van der Waals surface area contributed by atoms with E-state index in [4.69, 9.17) is 4.42 Å². The average molecular weight is 418 g/mol. The topological polar surface area (TPSA) is 40.8 Å². The van der Waals surface area contributed by atoms with Crippen LogP contribution in [0.3, 0.4) is 0 Å². The summed E-state index contributed by atoms with van der Waals surface area (Å²) in [4.78, 5) is 0. The van der Waals surface area contributed by atoms with Crippen molar-refractivity contribution < 1.29 is 8.98 Å². The van der Waals surface area contributed by atoms with Crippen molar-refractivity contribution in [2.75, 3.05) is 0 Å². The van der Waals surface area contributed by atoms with E-state index in [9.17, 15) is 5.26 Å². The molecule has 0 spiro atoms. The number of nitriles is 1. The molecule has 0 fully saturated rings. The summed E-state index contributed by atoms with van der Waals surface area (Å²) < 4.78 is 8.73. The van der Waals surface area contributed by atoms with Crippen LogP contribution in [0.15, 0.2) is 77.3 Å². The zero-order valence-corrected chi connectivity index (χ0v) is 18.8. The maximum absolute atomic E-state index is 10.0. The van der Waals surface area contributed by atoms with Gasteiger partial charge in [-0.05, 0) is 47.2 Å². The molecule has 2 heterocycles. The maximum atomic E-state index is 10.0. The third-order valence-electron chi connectivity index (χ3n) is 6.27. The van der Waals surface area contributed by atoms with Crippen molar-refractivity contribution in [1.82, 2.24) is 0 Å². The van der Waals surface area contributed by atoms with Crippen molar-refractivity contribution in [3.8, 4) is 28.5 Å². The van der Waals surface area contributed by atoms with E-state index >= 15 is 0 Å². The number of aromatic nitrogens is 1. The Bertz CT molecular complexity index is 1520. The third kappa shape index (κ3) is 2.99. The second kappa shape index (κ2) is 7.66. The lowest BCUT2D eigenvalue weighted by atomic mass is 9.91. The van der Waals surface area contributed by atoms with Gasteiger partial charge >= 0.3 is 0 Å². The molecule has 156 valence electrons. The summed E-state index contributed by atoms with van der Waals surface area (Å²) in [7, 11) is 2.05. The second-order valence-electron chi connectivity index (χ2n) is 8.66. The Hall–Kier alpha value is -3.90. The first-order valence-electron chi connectivity index (χ1n) is 10.9. The molecule has 5 aromatic rings. The molecule has 0 amide bonds. The summed E-state index contributed by atoms with van der Waals surface area (Å²) in [6.45, 7) is 6.35. The van der Waals surface area contributed by atoms with E-state index in [-0.39, 0.29) is 5.92 Å². The van der Waals surface area contributed by atoms with Gasteiger partial charge in [-0.1, -0.05) is 56.3 Å². The molecular formula is C29H25N2O+. The van der Waals surface area contributed by atoms with Crippen LogP contribution < -0.4 is 4.57 Å². The fraction of sp³-hybridized carbons (Fsp3) is 0.172. The van der Waals surface area contributed by atoms with E-state index in [2.05, 4.69) is 79.9 Å². The number of nitrogens with zero attached hydrogens (tertiary/aromatic N) is 2. The van der Waals surface area contributed by atoms with E-state index in [1.165, 1.54) is 0 Å². The van der Waals surface area contributed by atoms with Gasteiger partial charge in [-0.15, -0.1) is 0 Å². The largest absolute Gasteiger partial charge is 0.454 e. The molecule has 0 bridgehead atoms. The molecule has 2 aromatic heterocycles. The lowest BCUT2D eigenvalue weighted by molar-refractivity contribution is -0.660. The minimum absolute atomic E-state index is 0.240. The smallest absolute Gasteiger partial charge is 0.216 e. The molecular weight excluding hydrogens is 392 g/mol. The number of pyridine rings is 1. The van der Waals surface area contributed by atoms with Crippen molar-refractivity contribution >= 4 is 21.9 Å². The van der Waals surface area contributed by atoms with Crippen LogP contribution >= 0.6 is 0 Å². The van der Waals surface area contributed by atoms with Gasteiger partial charge in [0.15, 0.2) is 11.8 Å². The van der Waals surface area contributed by atoms with Crippen LogP contribution in [-0.2, 0) is 7.05 Å². The highest BCUT2D eigenvalue weighted by atomic mass is 16.3. The van der Waals surface area contributed by atoms with Crippen LogP contribution in [0, 0.1) is 18.3 Å². The van der Waals surface area contributed by atoms with Crippen LogP contribution in [0.25, 0.3) is 44.3 Å². The van der Waals surface area contributed by atoms with Crippen LogP contribution in [0.1, 0.15) is 36.5 Å². The van der Waals surface area contributed by atoms with Crippen LogP contribution in [0.5, 0.6) is 0 Å². The van der Waals surface area contributed by atoms with Gasteiger partial charge in [0, 0.05) is 22.9 Å². The molecule has 0 atom stereocenters. The van der Waals surface area contributed by atoms with Gasteiger partial charge < -0.3 is 4.42 Å². The molecule has 0 unspecified atom stereocenters. The van der Waals surface area contributed by atoms with Gasteiger partial charge in [0.2, 0.25) is 5.69 Å². The number of aryl methyl sites for hydroxylation is 2. The van der Waals surface area contributed by atoms with Gasteiger partial charge in [-0.3, -0.25) is 0 Å². The minimum atomic E-state index is 0.240. The first kappa shape index (κ1) is 20.0. The molecule has 0 aliphatic carbocycles. The molecule has 0 radical (unpaired) electrons. The quantitative estimate of drug-likeness (QED) is 0.295. The van der Waals surface area contributed by atoms with E-state index < -0.39 is 0 Å². The third-order valence-corrected chi connectivity index (χ3v) is 6.27. The number of rotatable bonds is 3. The molecule has 3 nitrogen and oxygen atoms in total. The predicted molar refractivity (Wildman–Crippen MR) is 129 cm³/mol. The molecule has 5 rings (SSSR count). The van der Waals surface area contributed by atoms with E-state index in [0.29, 0.717) is 11.1 Å². The van der Waals surface area contributed by atoms with Gasteiger partial charge in [0.05, 0.1) is 11.1 Å². The number of fused-ring (bicyclic) bond motifs is 3. The summed E-state index contributed by atoms with van der Waals surface area (Å²) in [5.74, 6) is 0.240. The zero-order chi connectivity index (χ0) is 22.4. The number of benzene rings is 3. The van der Waals surface area contributed by atoms with Crippen molar-refractivity contribution in [2.45, 2.75) is 26.7 Å². The second-order valence-corrected chi connectivity index (χ2v) is 8.66. The first-order chi connectivity index (χ1) is 15.5. The lowest BCUT2D eigenvalue weighted by Gasteiger charge is -2.11. The van der Waals surface area contributed by atoms with Gasteiger partial charge in [0.25, 0.3) is 0 Å². The maximum Gasteiger partial charge on any atom is 0.216 e. The Morgan fingerprint density at radius 1 is 0.938 bits per heavy atom. The molecule has 3 aromatic carbocycles. The summed E-state index contributed by atoms with van der Waals surface area (Å²) in [6.07, 6.45) is 2.05. The van der Waals surface area contributed by atoms with Crippen LogP contribution in [0.4, 0.5) is 0 Å². The fourth-order valence-corrected chi connectivity index (χ4v) is 4.70. The van der Waals surface area contributed by atoms with Crippen molar-refractivity contribution in [2.24, 2.45) is 7.05 Å². The molecule has 3 heteroatoms. The molecule has 32 heavy (non-hydrogen) atoms. The first-order valence-corrected chi connectivity index (χ1v) is 10.9.